The van der Waals surface area contributed by atoms with Crippen molar-refractivity contribution in [2.24, 2.45) is 0 Å². The van der Waals surface area contributed by atoms with Crippen LogP contribution in [-0.4, -0.2) is 43.8 Å². The molecule has 39 heavy (non-hydrogen) atoms. The zero-order chi connectivity index (χ0) is 27.8. The molecule has 0 saturated heterocycles. The summed E-state index contributed by atoms with van der Waals surface area (Å²) < 4.78 is 28.5. The van der Waals surface area contributed by atoms with Crippen molar-refractivity contribution in [3.05, 3.63) is 95.5 Å². The van der Waals surface area contributed by atoms with Gasteiger partial charge in [-0.25, -0.2) is 8.42 Å². The van der Waals surface area contributed by atoms with Gasteiger partial charge < -0.3 is 10.2 Å². The van der Waals surface area contributed by atoms with Crippen LogP contribution in [0.1, 0.15) is 44.6 Å². The highest BCUT2D eigenvalue weighted by Gasteiger charge is 2.33. The molecule has 1 fully saturated rings. The lowest BCUT2D eigenvalue weighted by Crippen LogP contribution is -2.53. The molecule has 0 aromatic heterocycles. The lowest BCUT2D eigenvalue weighted by molar-refractivity contribution is -0.139. The van der Waals surface area contributed by atoms with Crippen LogP contribution in [0.2, 0.25) is 5.02 Å². The number of amides is 2. The Labute approximate surface area is 235 Å². The molecule has 1 atom stereocenters. The van der Waals surface area contributed by atoms with Gasteiger partial charge in [0.15, 0.2) is 0 Å². The van der Waals surface area contributed by atoms with Crippen molar-refractivity contribution in [1.82, 2.24) is 10.2 Å². The second kappa shape index (κ2) is 13.1. The van der Waals surface area contributed by atoms with Crippen LogP contribution in [-0.2, 0) is 26.2 Å². The van der Waals surface area contributed by atoms with E-state index < -0.39 is 28.5 Å². The first-order chi connectivity index (χ1) is 18.8. The van der Waals surface area contributed by atoms with Gasteiger partial charge >= 0.3 is 0 Å². The van der Waals surface area contributed by atoms with Crippen molar-refractivity contribution >= 4 is 39.1 Å². The van der Waals surface area contributed by atoms with Crippen molar-refractivity contribution in [1.29, 1.82) is 0 Å². The van der Waals surface area contributed by atoms with E-state index in [-0.39, 0.29) is 23.4 Å². The zero-order valence-corrected chi connectivity index (χ0v) is 23.6. The van der Waals surface area contributed by atoms with Gasteiger partial charge in [0.25, 0.3) is 10.0 Å². The zero-order valence-electron chi connectivity index (χ0n) is 22.0. The Morgan fingerprint density at radius 3 is 2.21 bits per heavy atom. The minimum atomic E-state index is -4.07. The predicted molar refractivity (Wildman–Crippen MR) is 154 cm³/mol. The Bertz CT molecular complexity index is 1360. The molecule has 9 heteroatoms. The number of rotatable bonds is 10. The van der Waals surface area contributed by atoms with Gasteiger partial charge in [-0.05, 0) is 61.7 Å². The van der Waals surface area contributed by atoms with Crippen molar-refractivity contribution < 1.29 is 18.0 Å². The molecule has 3 aromatic rings. The lowest BCUT2D eigenvalue weighted by Gasteiger charge is -2.33. The molecule has 3 aromatic carbocycles. The van der Waals surface area contributed by atoms with Crippen LogP contribution in [0.25, 0.3) is 0 Å². The average molecular weight is 568 g/mol. The number of nitrogens with one attached hydrogen (secondary N) is 1. The molecular weight excluding hydrogens is 534 g/mol. The SMILES string of the molecule is C[C@@H](C(=O)NC1CCCCC1)N(Cc1cccc(Cl)c1)C(=O)CN(c1ccccc1)S(=O)(=O)c1ccccc1. The molecule has 4 rings (SSSR count). The molecule has 2 amide bonds. The smallest absolute Gasteiger partial charge is 0.264 e. The first-order valence-electron chi connectivity index (χ1n) is 13.2. The fourth-order valence-electron chi connectivity index (χ4n) is 4.83. The summed E-state index contributed by atoms with van der Waals surface area (Å²) in [6.45, 7) is 1.31. The Kier molecular flexibility index (Phi) is 9.64. The third-order valence-corrected chi connectivity index (χ3v) is 9.04. The highest BCUT2D eigenvalue weighted by atomic mass is 35.5. The van der Waals surface area contributed by atoms with Gasteiger partial charge in [0.05, 0.1) is 10.6 Å². The van der Waals surface area contributed by atoms with E-state index in [1.807, 2.05) is 6.07 Å². The molecule has 0 aliphatic heterocycles. The van der Waals surface area contributed by atoms with Gasteiger partial charge in [-0.2, -0.15) is 0 Å². The summed E-state index contributed by atoms with van der Waals surface area (Å²) >= 11 is 6.20. The van der Waals surface area contributed by atoms with Crippen molar-refractivity contribution in [2.45, 2.75) is 62.6 Å². The van der Waals surface area contributed by atoms with Gasteiger partial charge in [0.1, 0.15) is 12.6 Å². The van der Waals surface area contributed by atoms with Crippen LogP contribution in [0.4, 0.5) is 5.69 Å². The summed E-state index contributed by atoms with van der Waals surface area (Å²) in [6, 6.07) is 22.9. The largest absolute Gasteiger partial charge is 0.352 e. The molecule has 7 nitrogen and oxygen atoms in total. The molecule has 0 heterocycles. The highest BCUT2D eigenvalue weighted by Crippen LogP contribution is 2.25. The third kappa shape index (κ3) is 7.40. The number of carbonyl (C=O) groups excluding carboxylic acids is 2. The highest BCUT2D eigenvalue weighted by molar-refractivity contribution is 7.92. The number of halogens is 1. The Morgan fingerprint density at radius 2 is 1.56 bits per heavy atom. The topological polar surface area (TPSA) is 86.8 Å². The second-order valence-corrected chi connectivity index (χ2v) is 12.1. The molecule has 1 saturated carbocycles. The summed E-state index contributed by atoms with van der Waals surface area (Å²) in [5, 5.41) is 3.61. The van der Waals surface area contributed by atoms with Crippen LogP contribution < -0.4 is 9.62 Å². The number of carbonyl (C=O) groups is 2. The number of benzene rings is 3. The molecule has 1 aliphatic rings. The van der Waals surface area contributed by atoms with E-state index in [0.717, 1.165) is 42.0 Å². The van der Waals surface area contributed by atoms with Crippen LogP contribution in [0.15, 0.2) is 89.8 Å². The van der Waals surface area contributed by atoms with E-state index in [1.165, 1.54) is 17.0 Å². The minimum Gasteiger partial charge on any atom is -0.352 e. The molecule has 0 radical (unpaired) electrons. The van der Waals surface area contributed by atoms with E-state index in [4.69, 9.17) is 11.6 Å². The number of hydrogen-bond donors (Lipinski definition) is 1. The second-order valence-electron chi connectivity index (χ2n) is 9.83. The van der Waals surface area contributed by atoms with Crippen LogP contribution in [0, 0.1) is 0 Å². The Morgan fingerprint density at radius 1 is 0.923 bits per heavy atom. The maximum atomic E-state index is 13.9. The summed E-state index contributed by atoms with van der Waals surface area (Å²) in [4.78, 5) is 28.8. The normalized spacial score (nSPS) is 14.8. The Balaban J connectivity index is 1.65. The summed E-state index contributed by atoms with van der Waals surface area (Å²) in [6.07, 6.45) is 5.11. The summed E-state index contributed by atoms with van der Waals surface area (Å²) in [5.41, 5.74) is 1.10. The predicted octanol–water partition coefficient (Wildman–Crippen LogP) is 5.40. The van der Waals surface area contributed by atoms with E-state index in [2.05, 4.69) is 5.32 Å². The minimum absolute atomic E-state index is 0.0751. The Hall–Kier alpha value is -3.36. The van der Waals surface area contributed by atoms with E-state index in [9.17, 15) is 18.0 Å². The monoisotopic (exact) mass is 567 g/mol. The van der Waals surface area contributed by atoms with Gasteiger partial charge in [0.2, 0.25) is 11.8 Å². The molecule has 1 N–H and O–H groups in total. The number of sulfonamides is 1. The number of nitrogens with zero attached hydrogens (tertiary/aromatic N) is 2. The van der Waals surface area contributed by atoms with Crippen molar-refractivity contribution in [3.63, 3.8) is 0 Å². The number of hydrogen-bond acceptors (Lipinski definition) is 4. The molecule has 1 aliphatic carbocycles. The fourth-order valence-corrected chi connectivity index (χ4v) is 6.47. The van der Waals surface area contributed by atoms with E-state index in [1.54, 1.807) is 73.7 Å². The number of para-hydroxylation sites is 1. The quantitative estimate of drug-likeness (QED) is 0.355. The lowest BCUT2D eigenvalue weighted by atomic mass is 9.95. The molecule has 0 spiro atoms. The number of anilines is 1. The molecular formula is C30H34ClN3O4S. The summed E-state index contributed by atoms with van der Waals surface area (Å²) in [7, 11) is -4.07. The van der Waals surface area contributed by atoms with Gasteiger partial charge in [-0.1, -0.05) is 79.4 Å². The standard InChI is InChI=1S/C30H34ClN3O4S/c1-23(30(36)32-26-14-5-2-6-15-26)33(21-24-12-11-13-25(31)20-24)29(35)22-34(27-16-7-3-8-17-27)39(37,38)28-18-9-4-10-19-28/h3-4,7-13,16-20,23,26H,2,5-6,14-15,21-22H2,1H3,(H,32,36)/t23-/m0/s1. The van der Waals surface area contributed by atoms with Crippen LogP contribution >= 0.6 is 11.6 Å². The van der Waals surface area contributed by atoms with Crippen LogP contribution in [0.3, 0.4) is 0 Å². The van der Waals surface area contributed by atoms with E-state index >= 15 is 0 Å². The molecule has 206 valence electrons. The van der Waals surface area contributed by atoms with Crippen LogP contribution in [0.5, 0.6) is 0 Å². The third-order valence-electron chi connectivity index (χ3n) is 7.02. The average Bonchev–Trinajstić information content (AvgIpc) is 2.95. The van der Waals surface area contributed by atoms with Gasteiger partial charge in [-0.15, -0.1) is 0 Å². The van der Waals surface area contributed by atoms with Crippen molar-refractivity contribution in [2.75, 3.05) is 10.8 Å². The first-order valence-corrected chi connectivity index (χ1v) is 15.0. The summed E-state index contributed by atoms with van der Waals surface area (Å²) in [5.74, 6) is -0.751. The molecule has 0 bridgehead atoms. The molecule has 0 unspecified atom stereocenters. The first kappa shape index (κ1) is 28.6. The van der Waals surface area contributed by atoms with Crippen molar-refractivity contribution in [3.8, 4) is 0 Å². The maximum Gasteiger partial charge on any atom is 0.264 e. The fraction of sp³-hybridized carbons (Fsp3) is 0.333. The van der Waals surface area contributed by atoms with Gasteiger partial charge in [0, 0.05) is 17.6 Å². The van der Waals surface area contributed by atoms with E-state index in [0.29, 0.717) is 10.7 Å². The maximum absolute atomic E-state index is 13.9. The van der Waals surface area contributed by atoms with Gasteiger partial charge in [-0.3, -0.25) is 13.9 Å².